The first-order chi connectivity index (χ1) is 29.5. The molecule has 280 valence electrons. The van der Waals surface area contributed by atoms with Gasteiger partial charge in [-0.25, -0.2) is 0 Å². The van der Waals surface area contributed by atoms with Gasteiger partial charge < -0.3 is 22.8 Å². The maximum absolute atomic E-state index is 2.52. The number of hydrogen-bond acceptors (Lipinski definition) is 0. The van der Waals surface area contributed by atoms with Gasteiger partial charge in [-0.3, -0.25) is 0 Å². The van der Waals surface area contributed by atoms with Crippen molar-refractivity contribution in [1.82, 2.24) is 22.8 Å². The summed E-state index contributed by atoms with van der Waals surface area (Å²) in [6, 6.07) is 45.7. The number of para-hydroxylation sites is 5. The van der Waals surface area contributed by atoms with Crippen molar-refractivity contribution in [1.29, 1.82) is 0 Å². The summed E-state index contributed by atoms with van der Waals surface area (Å²) < 4.78 is 12.6. The van der Waals surface area contributed by atoms with Crippen LogP contribution in [0.25, 0.3) is 163 Å². The van der Waals surface area contributed by atoms with Crippen LogP contribution in [0, 0.1) is 0 Å². The molecule has 0 radical (unpaired) electrons. The zero-order valence-corrected chi connectivity index (χ0v) is 33.8. The van der Waals surface area contributed by atoms with E-state index in [1.807, 2.05) is 0 Å². The predicted molar refractivity (Wildman–Crippen MR) is 257 cm³/mol. The Morgan fingerprint density at radius 2 is 0.367 bits per heavy atom. The van der Waals surface area contributed by atoms with Gasteiger partial charge in [-0.15, -0.1) is 0 Å². The van der Waals surface area contributed by atoms with Gasteiger partial charge in [-0.1, -0.05) is 91.0 Å². The highest BCUT2D eigenvalue weighted by molar-refractivity contribution is 6.63. The summed E-state index contributed by atoms with van der Waals surface area (Å²) in [5.74, 6) is 0. The van der Waals surface area contributed by atoms with Crippen molar-refractivity contribution in [2.45, 2.75) is 0 Å². The first-order valence-corrected chi connectivity index (χ1v) is 21.1. The largest absolute Gasteiger partial charge is 0.343 e. The molecule has 5 heteroatoms. The van der Waals surface area contributed by atoms with Gasteiger partial charge in [0, 0.05) is 171 Å². The topological polar surface area (TPSA) is 24.6 Å². The van der Waals surface area contributed by atoms with E-state index in [1.165, 1.54) is 163 Å². The van der Waals surface area contributed by atoms with Gasteiger partial charge >= 0.3 is 0 Å². The molecule has 5 nitrogen and oxygen atoms in total. The third kappa shape index (κ3) is 2.87. The summed E-state index contributed by atoms with van der Waals surface area (Å²) in [6.07, 6.45) is 0. The van der Waals surface area contributed by atoms with Crippen LogP contribution < -0.4 is 0 Å². The van der Waals surface area contributed by atoms with E-state index >= 15 is 0 Å². The molecule has 0 aliphatic rings. The van der Waals surface area contributed by atoms with E-state index in [1.54, 1.807) is 0 Å². The van der Waals surface area contributed by atoms with Gasteiger partial charge in [0.25, 0.3) is 0 Å². The Morgan fingerprint density at radius 3 is 0.550 bits per heavy atom. The highest BCUT2D eigenvalue weighted by Crippen LogP contribution is 2.62. The second kappa shape index (κ2) is 9.51. The number of fused-ring (bicyclic) bond motifs is 25. The van der Waals surface area contributed by atoms with Crippen molar-refractivity contribution < 1.29 is 0 Å². The summed E-state index contributed by atoms with van der Waals surface area (Å²) in [6.45, 7) is 0. The highest BCUT2D eigenvalue weighted by atomic mass is 15.0. The molecule has 0 bridgehead atoms. The number of aromatic nitrogens is 5. The Balaban J connectivity index is 1.45. The Hall–Kier alpha value is -7.50. The molecule has 0 fully saturated rings. The van der Waals surface area contributed by atoms with Crippen molar-refractivity contribution in [2.75, 3.05) is 0 Å². The Morgan fingerprint density at radius 1 is 0.200 bits per heavy atom. The minimum absolute atomic E-state index is 1.27. The van der Waals surface area contributed by atoms with Gasteiger partial charge in [0.05, 0.1) is 27.6 Å². The molecule has 16 aromatic rings. The molecule has 0 N–H and O–H groups in total. The molecule has 0 atom stereocenters. The Bertz CT molecular complexity index is 3970. The first-order valence-electron chi connectivity index (χ1n) is 21.1. The van der Waals surface area contributed by atoms with Crippen molar-refractivity contribution in [3.8, 4) is 0 Å². The van der Waals surface area contributed by atoms with Gasteiger partial charge in [-0.2, -0.15) is 0 Å². The van der Waals surface area contributed by atoms with Crippen molar-refractivity contribution in [2.24, 2.45) is 35.2 Å². The molecular formula is C55H35N5. The van der Waals surface area contributed by atoms with Gasteiger partial charge in [0.15, 0.2) is 0 Å². The van der Waals surface area contributed by atoms with E-state index in [0.717, 1.165) is 0 Å². The smallest absolute Gasteiger partial charge is 0.0583 e. The molecule has 5 aromatic heterocycles. The Kier molecular flexibility index (Phi) is 4.85. The summed E-state index contributed by atoms with van der Waals surface area (Å²) in [7, 11) is 11.5. The van der Waals surface area contributed by atoms with E-state index in [0.29, 0.717) is 0 Å². The van der Waals surface area contributed by atoms with Crippen LogP contribution in [0.2, 0.25) is 0 Å². The van der Waals surface area contributed by atoms with Crippen LogP contribution in [-0.2, 0) is 35.2 Å². The molecular weight excluding hydrogens is 731 g/mol. The van der Waals surface area contributed by atoms with E-state index in [-0.39, 0.29) is 0 Å². The number of nitrogens with zero attached hydrogens (tertiary/aromatic N) is 5. The average Bonchev–Trinajstić information content (AvgIpc) is 4.10. The van der Waals surface area contributed by atoms with E-state index in [2.05, 4.69) is 179 Å². The molecule has 0 aliphatic heterocycles. The van der Waals surface area contributed by atoms with Gasteiger partial charge in [-0.05, 0) is 30.3 Å². The third-order valence-corrected chi connectivity index (χ3v) is 15.5. The van der Waals surface area contributed by atoms with Crippen LogP contribution in [0.5, 0.6) is 0 Å². The fraction of sp³-hybridized carbons (Fsp3) is 0.0909. The molecule has 0 spiro atoms. The van der Waals surface area contributed by atoms with Crippen molar-refractivity contribution in [3.05, 3.63) is 121 Å². The maximum Gasteiger partial charge on any atom is 0.0583 e. The quantitative estimate of drug-likeness (QED) is 0.137. The second-order valence-corrected chi connectivity index (χ2v) is 17.7. The fourth-order valence-electron chi connectivity index (χ4n) is 13.4. The normalized spacial score (nSPS) is 13.4. The number of aryl methyl sites for hydroxylation is 5. The summed E-state index contributed by atoms with van der Waals surface area (Å²) in [5, 5.41) is 27.3. The zero-order valence-electron chi connectivity index (χ0n) is 33.8. The molecule has 0 unspecified atom stereocenters. The third-order valence-electron chi connectivity index (χ3n) is 15.5. The maximum atomic E-state index is 2.52. The van der Waals surface area contributed by atoms with Crippen molar-refractivity contribution in [3.63, 3.8) is 0 Å². The van der Waals surface area contributed by atoms with Crippen LogP contribution in [0.3, 0.4) is 0 Å². The molecule has 5 heterocycles. The monoisotopic (exact) mass is 765 g/mol. The highest BCUT2D eigenvalue weighted by Gasteiger charge is 2.36. The van der Waals surface area contributed by atoms with Crippen molar-refractivity contribution >= 4 is 163 Å². The lowest BCUT2D eigenvalue weighted by Gasteiger charge is -2.15. The lowest BCUT2D eigenvalue weighted by Crippen LogP contribution is -1.94. The SMILES string of the molecule is Cn1c2ccccc2c2c3c4c5c6c7c4c(c4c8ccccc8n(C)c43)c3c(c4ccccc4n3C)c7c3c(c4ccccc4n3C)c6c3c(c4ccccc4n3C)c5c21. The Labute approximate surface area is 341 Å². The molecule has 16 rings (SSSR count). The van der Waals surface area contributed by atoms with Gasteiger partial charge in [0.2, 0.25) is 0 Å². The summed E-state index contributed by atoms with van der Waals surface area (Å²) >= 11 is 0. The minimum atomic E-state index is 1.27. The van der Waals surface area contributed by atoms with Crippen LogP contribution in [0.4, 0.5) is 0 Å². The van der Waals surface area contributed by atoms with Gasteiger partial charge in [0.1, 0.15) is 0 Å². The molecule has 60 heavy (non-hydrogen) atoms. The fourth-order valence-corrected chi connectivity index (χ4v) is 13.4. The lowest BCUT2D eigenvalue weighted by atomic mass is 9.90. The summed E-state index contributed by atoms with van der Waals surface area (Å²) in [4.78, 5) is 0. The molecule has 11 aromatic carbocycles. The molecule has 0 aliphatic carbocycles. The second-order valence-electron chi connectivity index (χ2n) is 17.7. The first kappa shape index (κ1) is 30.6. The molecule has 0 saturated carbocycles. The van der Waals surface area contributed by atoms with Crippen LogP contribution in [0.1, 0.15) is 0 Å². The van der Waals surface area contributed by atoms with E-state index in [4.69, 9.17) is 0 Å². The van der Waals surface area contributed by atoms with Crippen LogP contribution >= 0.6 is 0 Å². The van der Waals surface area contributed by atoms with E-state index in [9.17, 15) is 0 Å². The number of benzene rings is 10. The summed E-state index contributed by atoms with van der Waals surface area (Å²) in [5.41, 5.74) is 12.9. The van der Waals surface area contributed by atoms with Crippen LogP contribution in [0.15, 0.2) is 121 Å². The molecule has 0 saturated heterocycles. The van der Waals surface area contributed by atoms with Crippen LogP contribution in [-0.4, -0.2) is 22.8 Å². The lowest BCUT2D eigenvalue weighted by molar-refractivity contribution is 1.02. The van der Waals surface area contributed by atoms with E-state index < -0.39 is 0 Å². The zero-order chi connectivity index (χ0) is 39.3. The predicted octanol–water partition coefficient (Wildman–Crippen LogP) is 14.0. The number of rotatable bonds is 0. The number of hydrogen-bond donors (Lipinski definition) is 0. The minimum Gasteiger partial charge on any atom is -0.343 e. The standard InChI is InChI=1S/C55H35N5/c1-56-31-21-11-6-16-26(31)36-47-42-41-43-45-44(42)49(38-28-18-8-13-23-33(28)58(3)53(38)47)55-40(30-20-10-15-25-35(30)60(55)5)50(45)54-39(29-19-9-14-24-34(29)59(54)4)48(43)52-37(46(41)51(36)56)27-17-7-12-22-32(27)57(52)2/h6-25H,1-5H3. The molecule has 0 amide bonds. The average molecular weight is 766 g/mol.